The van der Waals surface area contributed by atoms with E-state index in [1.54, 1.807) is 38.5 Å². The fourth-order valence-electron chi connectivity index (χ4n) is 4.15. The maximum atomic E-state index is 12.8. The molecule has 202 valence electrons. The Hall–Kier alpha value is -3.45. The smallest absolute Gasteiger partial charge is 0.376 e. The predicted octanol–water partition coefficient (Wildman–Crippen LogP) is 4.36. The molecule has 0 bridgehead atoms. The van der Waals surface area contributed by atoms with Crippen LogP contribution in [0.15, 0.2) is 60.0 Å². The molecule has 1 aliphatic heterocycles. The van der Waals surface area contributed by atoms with Gasteiger partial charge in [-0.15, -0.1) is 0 Å². The molecule has 5 atom stereocenters. The number of benzene rings is 2. The molecule has 1 saturated heterocycles. The summed E-state index contributed by atoms with van der Waals surface area (Å²) in [5.41, 5.74) is 1.14. The molecule has 1 fully saturated rings. The van der Waals surface area contributed by atoms with Gasteiger partial charge in [0, 0.05) is 32.5 Å². The number of nitrogens with zero attached hydrogens (tertiary/aromatic N) is 4. The highest BCUT2D eigenvalue weighted by Crippen LogP contribution is 2.31. The lowest BCUT2D eigenvalue weighted by Gasteiger charge is -2.42. The van der Waals surface area contributed by atoms with Crippen LogP contribution in [0.3, 0.4) is 0 Å². The molecule has 38 heavy (non-hydrogen) atoms. The molecule has 0 spiro atoms. The molecule has 2 aromatic carbocycles. The Balaban J connectivity index is 1.43. The second-order valence-electron chi connectivity index (χ2n) is 8.48. The standard InChI is InChI=1S/C26H27F3N4O5/c1-15-20(34-2)21(35-3)22(36-4)25(37-15)38-32-13-16-5-7-17(8-6-16)23-30-14-31-24(33-23)18-9-11-19(12-10-18)26(27,28)29/h5-15,20-22,25H,1-4H3/b32-13+/t15-,20-,21+,22+,25-/m0/s1. The quantitative estimate of drug-likeness (QED) is 0.312. The summed E-state index contributed by atoms with van der Waals surface area (Å²) in [6.07, 6.45) is -3.95. The second kappa shape index (κ2) is 11.9. The van der Waals surface area contributed by atoms with Gasteiger partial charge in [-0.2, -0.15) is 13.2 Å². The third kappa shape index (κ3) is 6.16. The van der Waals surface area contributed by atoms with Crippen molar-refractivity contribution in [1.29, 1.82) is 0 Å². The van der Waals surface area contributed by atoms with Crippen molar-refractivity contribution in [2.24, 2.45) is 5.16 Å². The number of oxime groups is 1. The molecule has 9 nitrogen and oxygen atoms in total. The van der Waals surface area contributed by atoms with Gasteiger partial charge in [-0.25, -0.2) is 15.0 Å². The van der Waals surface area contributed by atoms with Gasteiger partial charge >= 0.3 is 6.18 Å². The first-order valence-electron chi connectivity index (χ1n) is 11.6. The predicted molar refractivity (Wildman–Crippen MR) is 131 cm³/mol. The highest BCUT2D eigenvalue weighted by Gasteiger charge is 2.46. The number of ether oxygens (including phenoxy) is 4. The average molecular weight is 533 g/mol. The summed E-state index contributed by atoms with van der Waals surface area (Å²) in [4.78, 5) is 18.2. The van der Waals surface area contributed by atoms with Crippen LogP contribution in [0.1, 0.15) is 18.1 Å². The van der Waals surface area contributed by atoms with Gasteiger partial charge in [-0.1, -0.05) is 41.6 Å². The number of methoxy groups -OCH3 is 3. The van der Waals surface area contributed by atoms with Crippen molar-refractivity contribution >= 4 is 6.21 Å². The van der Waals surface area contributed by atoms with Crippen molar-refractivity contribution in [3.63, 3.8) is 0 Å². The van der Waals surface area contributed by atoms with Crippen LogP contribution >= 0.6 is 0 Å². The van der Waals surface area contributed by atoms with Gasteiger partial charge < -0.3 is 23.8 Å². The van der Waals surface area contributed by atoms with Crippen LogP contribution in [0.2, 0.25) is 0 Å². The van der Waals surface area contributed by atoms with Gasteiger partial charge in [0.25, 0.3) is 6.29 Å². The molecule has 0 radical (unpaired) electrons. The third-order valence-corrected chi connectivity index (χ3v) is 6.12. The van der Waals surface area contributed by atoms with E-state index in [0.29, 0.717) is 17.0 Å². The van der Waals surface area contributed by atoms with Crippen molar-refractivity contribution in [2.45, 2.75) is 43.8 Å². The summed E-state index contributed by atoms with van der Waals surface area (Å²) in [5.74, 6) is 0.641. The minimum Gasteiger partial charge on any atom is -0.376 e. The molecule has 12 heteroatoms. The maximum Gasteiger partial charge on any atom is 0.416 e. The number of aromatic nitrogens is 3. The van der Waals surface area contributed by atoms with Crippen molar-refractivity contribution in [3.05, 3.63) is 66.0 Å². The number of hydrogen-bond donors (Lipinski definition) is 0. The van der Waals surface area contributed by atoms with Crippen molar-refractivity contribution in [2.75, 3.05) is 21.3 Å². The minimum absolute atomic E-state index is 0.266. The molecule has 4 rings (SSSR count). The van der Waals surface area contributed by atoms with Crippen molar-refractivity contribution < 1.29 is 37.0 Å². The third-order valence-electron chi connectivity index (χ3n) is 6.12. The normalized spacial score (nSPS) is 24.0. The fraction of sp³-hybridized carbons (Fsp3) is 0.385. The first kappa shape index (κ1) is 27.6. The van der Waals surface area contributed by atoms with Gasteiger partial charge in [-0.05, 0) is 24.6 Å². The number of halogens is 3. The highest BCUT2D eigenvalue weighted by atomic mass is 19.4. The molecule has 3 aromatic rings. The van der Waals surface area contributed by atoms with Gasteiger partial charge in [0.2, 0.25) is 0 Å². The van der Waals surface area contributed by atoms with Gasteiger partial charge in [0.05, 0.1) is 17.9 Å². The zero-order valence-corrected chi connectivity index (χ0v) is 21.1. The number of rotatable bonds is 8. The van der Waals surface area contributed by atoms with Crippen LogP contribution in [-0.2, 0) is 30.0 Å². The summed E-state index contributed by atoms with van der Waals surface area (Å²) in [6.45, 7) is 1.86. The molecular formula is C26H27F3N4O5. The fourth-order valence-corrected chi connectivity index (χ4v) is 4.15. The lowest BCUT2D eigenvalue weighted by atomic mass is 9.99. The van der Waals surface area contributed by atoms with Crippen LogP contribution in [0.4, 0.5) is 13.2 Å². The van der Waals surface area contributed by atoms with E-state index in [4.69, 9.17) is 23.8 Å². The molecule has 0 aliphatic carbocycles. The lowest BCUT2D eigenvalue weighted by molar-refractivity contribution is -0.305. The lowest BCUT2D eigenvalue weighted by Crippen LogP contribution is -2.59. The van der Waals surface area contributed by atoms with Crippen LogP contribution < -0.4 is 0 Å². The second-order valence-corrected chi connectivity index (χ2v) is 8.48. The van der Waals surface area contributed by atoms with Gasteiger partial charge in [-0.3, -0.25) is 0 Å². The summed E-state index contributed by atoms with van der Waals surface area (Å²) < 4.78 is 60.9. The topological polar surface area (TPSA) is 97.2 Å². The van der Waals surface area contributed by atoms with E-state index in [0.717, 1.165) is 17.7 Å². The largest absolute Gasteiger partial charge is 0.416 e. The Morgan fingerprint density at radius 1 is 0.816 bits per heavy atom. The molecule has 0 amide bonds. The molecule has 1 aromatic heterocycles. The zero-order valence-electron chi connectivity index (χ0n) is 21.1. The van der Waals surface area contributed by atoms with Crippen LogP contribution in [0.5, 0.6) is 0 Å². The molecule has 0 unspecified atom stereocenters. The Bertz CT molecular complexity index is 1220. The van der Waals surface area contributed by atoms with Crippen molar-refractivity contribution in [1.82, 2.24) is 15.0 Å². The zero-order chi connectivity index (χ0) is 27.3. The number of hydrogen-bond acceptors (Lipinski definition) is 9. The Morgan fingerprint density at radius 3 is 1.89 bits per heavy atom. The average Bonchev–Trinajstić information content (AvgIpc) is 2.92. The first-order valence-corrected chi connectivity index (χ1v) is 11.6. The highest BCUT2D eigenvalue weighted by molar-refractivity contribution is 5.80. The van der Waals surface area contributed by atoms with E-state index in [1.165, 1.54) is 31.8 Å². The van der Waals surface area contributed by atoms with E-state index < -0.39 is 30.2 Å². The van der Waals surface area contributed by atoms with E-state index >= 15 is 0 Å². The summed E-state index contributed by atoms with van der Waals surface area (Å²) >= 11 is 0. The Morgan fingerprint density at radius 2 is 1.37 bits per heavy atom. The minimum atomic E-state index is -4.41. The van der Waals surface area contributed by atoms with Crippen molar-refractivity contribution in [3.8, 4) is 22.8 Å². The van der Waals surface area contributed by atoms with E-state index in [-0.39, 0.29) is 18.0 Å². The summed E-state index contributed by atoms with van der Waals surface area (Å²) in [7, 11) is 4.69. The summed E-state index contributed by atoms with van der Waals surface area (Å²) in [5, 5.41) is 4.05. The molecule has 0 saturated carbocycles. The molecule has 0 N–H and O–H groups in total. The SMILES string of the molecule is CO[C@@H]1[C@@H](OC)[C@H](C)O[C@@H](O/N=C/c2ccc(-c3ncnc(-c4ccc(C(F)(F)F)cc4)n3)cc2)[C@@H]1OC. The maximum absolute atomic E-state index is 12.8. The number of alkyl halides is 3. The van der Waals surface area contributed by atoms with E-state index in [2.05, 4.69) is 20.1 Å². The van der Waals surface area contributed by atoms with Crippen LogP contribution in [-0.4, -0.2) is 73.2 Å². The summed E-state index contributed by atoms with van der Waals surface area (Å²) in [6, 6.07) is 11.8. The van der Waals surface area contributed by atoms with Gasteiger partial charge in [0.1, 0.15) is 18.5 Å². The molecule has 2 heterocycles. The van der Waals surface area contributed by atoms with E-state index in [9.17, 15) is 13.2 Å². The van der Waals surface area contributed by atoms with Gasteiger partial charge in [0.15, 0.2) is 17.8 Å². The van der Waals surface area contributed by atoms with Crippen LogP contribution in [0.25, 0.3) is 22.8 Å². The Kier molecular flexibility index (Phi) is 8.67. The van der Waals surface area contributed by atoms with E-state index in [1.807, 2.05) is 6.92 Å². The Labute approximate surface area is 217 Å². The molecular weight excluding hydrogens is 505 g/mol. The monoisotopic (exact) mass is 532 g/mol. The first-order chi connectivity index (χ1) is 18.2. The van der Waals surface area contributed by atoms with Crippen LogP contribution in [0, 0.1) is 0 Å². The molecule has 1 aliphatic rings.